The molecule has 0 aliphatic rings. The molecular formula is C13H16N2O2. The van der Waals surface area contributed by atoms with Crippen LogP contribution in [0.4, 0.5) is 0 Å². The Morgan fingerprint density at radius 2 is 2.12 bits per heavy atom. The first kappa shape index (κ1) is 11.7. The highest BCUT2D eigenvalue weighted by Gasteiger charge is 2.05. The summed E-state index contributed by atoms with van der Waals surface area (Å²) in [6.45, 7) is 2.80. The van der Waals surface area contributed by atoms with E-state index in [2.05, 4.69) is 4.98 Å². The number of nitrogens with zero attached hydrogens (tertiary/aromatic N) is 2. The highest BCUT2D eigenvalue weighted by atomic mass is 16.5. The fourth-order valence-electron chi connectivity index (χ4n) is 1.52. The summed E-state index contributed by atoms with van der Waals surface area (Å²) in [7, 11) is 0. The SMILES string of the molecule is Cc1ccc(OC[C@H](O)Cn2ccnc2)cc1. The number of benzene rings is 1. The van der Waals surface area contributed by atoms with Gasteiger partial charge in [0.25, 0.3) is 0 Å². The lowest BCUT2D eigenvalue weighted by molar-refractivity contribution is 0.0925. The van der Waals surface area contributed by atoms with Crippen molar-refractivity contribution in [3.8, 4) is 5.75 Å². The lowest BCUT2D eigenvalue weighted by Gasteiger charge is -2.12. The minimum atomic E-state index is -0.537. The number of aliphatic hydroxyl groups excluding tert-OH is 1. The molecule has 0 saturated heterocycles. The van der Waals surface area contributed by atoms with Crippen molar-refractivity contribution < 1.29 is 9.84 Å². The highest BCUT2D eigenvalue weighted by Crippen LogP contribution is 2.11. The monoisotopic (exact) mass is 232 g/mol. The van der Waals surface area contributed by atoms with Crippen LogP contribution in [-0.2, 0) is 6.54 Å². The Bertz CT molecular complexity index is 437. The molecule has 0 bridgehead atoms. The van der Waals surface area contributed by atoms with Gasteiger partial charge in [-0.1, -0.05) is 17.7 Å². The summed E-state index contributed by atoms with van der Waals surface area (Å²) in [5.74, 6) is 0.778. The number of rotatable bonds is 5. The molecule has 1 atom stereocenters. The third kappa shape index (κ3) is 3.60. The normalized spacial score (nSPS) is 12.4. The quantitative estimate of drug-likeness (QED) is 0.852. The van der Waals surface area contributed by atoms with Gasteiger partial charge in [-0.2, -0.15) is 0 Å². The molecule has 17 heavy (non-hydrogen) atoms. The zero-order valence-electron chi connectivity index (χ0n) is 9.78. The second kappa shape index (κ2) is 5.50. The van der Waals surface area contributed by atoms with E-state index in [-0.39, 0.29) is 6.61 Å². The zero-order valence-corrected chi connectivity index (χ0v) is 9.78. The first-order chi connectivity index (χ1) is 8.24. The minimum absolute atomic E-state index is 0.279. The van der Waals surface area contributed by atoms with Crippen LogP contribution in [0.1, 0.15) is 5.56 Å². The Balaban J connectivity index is 1.79. The van der Waals surface area contributed by atoms with Gasteiger partial charge < -0.3 is 14.4 Å². The summed E-state index contributed by atoms with van der Waals surface area (Å²) in [5, 5.41) is 9.76. The van der Waals surface area contributed by atoms with Crippen LogP contribution in [0, 0.1) is 6.92 Å². The Hall–Kier alpha value is -1.81. The average Bonchev–Trinajstić information content (AvgIpc) is 2.81. The van der Waals surface area contributed by atoms with Crippen molar-refractivity contribution in [2.45, 2.75) is 19.6 Å². The number of aromatic nitrogens is 2. The third-order valence-electron chi connectivity index (χ3n) is 2.44. The summed E-state index contributed by atoms with van der Waals surface area (Å²) in [6.07, 6.45) is 4.64. The summed E-state index contributed by atoms with van der Waals surface area (Å²) in [5.41, 5.74) is 1.19. The van der Waals surface area contributed by atoms with Gasteiger partial charge in [0.05, 0.1) is 12.9 Å². The van der Waals surface area contributed by atoms with Crippen LogP contribution in [0.2, 0.25) is 0 Å². The van der Waals surface area contributed by atoms with E-state index in [1.54, 1.807) is 12.5 Å². The number of aliphatic hydroxyl groups is 1. The molecule has 0 fully saturated rings. The van der Waals surface area contributed by atoms with Crippen molar-refractivity contribution in [1.82, 2.24) is 9.55 Å². The molecular weight excluding hydrogens is 216 g/mol. The molecule has 0 amide bonds. The number of aryl methyl sites for hydroxylation is 1. The first-order valence-electron chi connectivity index (χ1n) is 5.57. The predicted octanol–water partition coefficient (Wildman–Crippen LogP) is 1.63. The first-order valence-corrected chi connectivity index (χ1v) is 5.57. The molecule has 0 saturated carbocycles. The molecule has 0 unspecified atom stereocenters. The summed E-state index contributed by atoms with van der Waals surface area (Å²) in [4.78, 5) is 3.91. The van der Waals surface area contributed by atoms with Gasteiger partial charge in [0, 0.05) is 12.4 Å². The number of imidazole rings is 1. The van der Waals surface area contributed by atoms with Crippen molar-refractivity contribution >= 4 is 0 Å². The molecule has 2 rings (SSSR count). The Morgan fingerprint density at radius 3 is 2.76 bits per heavy atom. The second-order valence-electron chi connectivity index (χ2n) is 4.04. The lowest BCUT2D eigenvalue weighted by atomic mass is 10.2. The van der Waals surface area contributed by atoms with Crippen molar-refractivity contribution in [2.75, 3.05) is 6.61 Å². The van der Waals surface area contributed by atoms with E-state index < -0.39 is 6.10 Å². The van der Waals surface area contributed by atoms with Crippen LogP contribution in [0.5, 0.6) is 5.75 Å². The van der Waals surface area contributed by atoms with E-state index in [1.165, 1.54) is 5.56 Å². The molecule has 4 heteroatoms. The van der Waals surface area contributed by atoms with E-state index in [0.717, 1.165) is 5.75 Å². The van der Waals surface area contributed by atoms with Crippen LogP contribution in [0.25, 0.3) is 0 Å². The van der Waals surface area contributed by atoms with E-state index in [4.69, 9.17) is 4.74 Å². The molecule has 0 radical (unpaired) electrons. The number of hydrogen-bond donors (Lipinski definition) is 1. The van der Waals surface area contributed by atoms with Crippen molar-refractivity contribution in [2.24, 2.45) is 0 Å². The predicted molar refractivity (Wildman–Crippen MR) is 64.9 cm³/mol. The molecule has 0 aliphatic carbocycles. The third-order valence-corrected chi connectivity index (χ3v) is 2.44. The summed E-state index contributed by atoms with van der Waals surface area (Å²) in [6, 6.07) is 7.77. The van der Waals surface area contributed by atoms with Gasteiger partial charge in [0.1, 0.15) is 18.5 Å². The van der Waals surface area contributed by atoms with Crippen molar-refractivity contribution in [3.05, 3.63) is 48.5 Å². The van der Waals surface area contributed by atoms with Crippen LogP contribution < -0.4 is 4.74 Å². The molecule has 1 aromatic heterocycles. The van der Waals surface area contributed by atoms with Gasteiger partial charge in [-0.15, -0.1) is 0 Å². The molecule has 2 aromatic rings. The Morgan fingerprint density at radius 1 is 1.35 bits per heavy atom. The molecule has 1 heterocycles. The summed E-state index contributed by atoms with van der Waals surface area (Å²) >= 11 is 0. The van der Waals surface area contributed by atoms with Crippen molar-refractivity contribution in [3.63, 3.8) is 0 Å². The second-order valence-corrected chi connectivity index (χ2v) is 4.04. The molecule has 0 aliphatic heterocycles. The fourth-order valence-corrected chi connectivity index (χ4v) is 1.52. The van der Waals surface area contributed by atoms with Gasteiger partial charge >= 0.3 is 0 Å². The number of hydrogen-bond acceptors (Lipinski definition) is 3. The number of ether oxygens (including phenoxy) is 1. The Labute approximate surface area is 100 Å². The van der Waals surface area contributed by atoms with Gasteiger partial charge in [0.15, 0.2) is 0 Å². The van der Waals surface area contributed by atoms with Gasteiger partial charge in [-0.25, -0.2) is 4.98 Å². The maximum atomic E-state index is 9.76. The lowest BCUT2D eigenvalue weighted by Crippen LogP contribution is -2.22. The maximum absolute atomic E-state index is 9.76. The van der Waals surface area contributed by atoms with Gasteiger partial charge in [-0.3, -0.25) is 0 Å². The van der Waals surface area contributed by atoms with Crippen molar-refractivity contribution in [1.29, 1.82) is 0 Å². The Kier molecular flexibility index (Phi) is 3.77. The summed E-state index contributed by atoms with van der Waals surface area (Å²) < 4.78 is 7.31. The molecule has 0 spiro atoms. The fraction of sp³-hybridized carbons (Fsp3) is 0.308. The van der Waals surface area contributed by atoms with Crippen LogP contribution in [0.15, 0.2) is 43.0 Å². The standard InChI is InChI=1S/C13H16N2O2/c1-11-2-4-13(5-3-11)17-9-12(16)8-15-7-6-14-10-15/h2-7,10,12,16H,8-9H2,1H3/t12-/m1/s1. The van der Waals surface area contributed by atoms with Gasteiger partial charge in [-0.05, 0) is 19.1 Å². The molecule has 90 valence electrons. The van der Waals surface area contributed by atoms with E-state index >= 15 is 0 Å². The highest BCUT2D eigenvalue weighted by molar-refractivity contribution is 5.26. The van der Waals surface area contributed by atoms with E-state index in [1.807, 2.05) is 42.0 Å². The molecule has 4 nitrogen and oxygen atoms in total. The minimum Gasteiger partial charge on any atom is -0.491 e. The van der Waals surface area contributed by atoms with Crippen LogP contribution in [0.3, 0.4) is 0 Å². The van der Waals surface area contributed by atoms with Crippen LogP contribution >= 0.6 is 0 Å². The van der Waals surface area contributed by atoms with Gasteiger partial charge in [0.2, 0.25) is 0 Å². The van der Waals surface area contributed by atoms with Crippen LogP contribution in [-0.4, -0.2) is 27.4 Å². The topological polar surface area (TPSA) is 47.3 Å². The average molecular weight is 232 g/mol. The zero-order chi connectivity index (χ0) is 12.1. The molecule has 1 N–H and O–H groups in total. The van der Waals surface area contributed by atoms with E-state index in [0.29, 0.717) is 6.54 Å². The van der Waals surface area contributed by atoms with E-state index in [9.17, 15) is 5.11 Å². The smallest absolute Gasteiger partial charge is 0.119 e. The molecule has 1 aromatic carbocycles. The largest absolute Gasteiger partial charge is 0.491 e. The maximum Gasteiger partial charge on any atom is 0.119 e.